The molecule has 2 unspecified atom stereocenters. The lowest BCUT2D eigenvalue weighted by atomic mass is 10.2. The zero-order chi connectivity index (χ0) is 12.3. The Bertz CT molecular complexity index is 348. The van der Waals surface area contributed by atoms with Gasteiger partial charge >= 0.3 is 0 Å². The first kappa shape index (κ1) is 12.6. The maximum absolute atomic E-state index is 5.38. The minimum Gasteiger partial charge on any atom is -0.381 e. The third-order valence-electron chi connectivity index (χ3n) is 3.59. The standard InChI is InChI=1S/C13H23N3O/c1-10(2)16-9-14-7-12(16)8-15-11-4-5-13(6-11)17-3/h7,9-11,13,15H,4-6,8H2,1-3H3. The monoisotopic (exact) mass is 237 g/mol. The molecule has 0 amide bonds. The molecule has 1 N–H and O–H groups in total. The summed E-state index contributed by atoms with van der Waals surface area (Å²) in [4.78, 5) is 4.22. The number of nitrogens with one attached hydrogen (secondary N) is 1. The Kier molecular flexibility index (Phi) is 4.18. The van der Waals surface area contributed by atoms with E-state index in [-0.39, 0.29) is 0 Å². The van der Waals surface area contributed by atoms with E-state index < -0.39 is 0 Å². The molecule has 0 aromatic carbocycles. The van der Waals surface area contributed by atoms with E-state index >= 15 is 0 Å². The van der Waals surface area contributed by atoms with Gasteiger partial charge in [0.05, 0.1) is 18.1 Å². The Balaban J connectivity index is 1.84. The molecule has 4 nitrogen and oxygen atoms in total. The summed E-state index contributed by atoms with van der Waals surface area (Å²) in [7, 11) is 1.81. The fourth-order valence-electron chi connectivity index (χ4n) is 2.52. The van der Waals surface area contributed by atoms with E-state index in [1.165, 1.54) is 18.5 Å². The lowest BCUT2D eigenvalue weighted by Crippen LogP contribution is -2.27. The van der Waals surface area contributed by atoms with Gasteiger partial charge in [-0.05, 0) is 33.1 Å². The number of imidazole rings is 1. The Hall–Kier alpha value is -0.870. The maximum Gasteiger partial charge on any atom is 0.0951 e. The van der Waals surface area contributed by atoms with Crippen LogP contribution in [-0.4, -0.2) is 28.8 Å². The van der Waals surface area contributed by atoms with Crippen LogP contribution in [0.2, 0.25) is 0 Å². The summed E-state index contributed by atoms with van der Waals surface area (Å²) in [5, 5.41) is 3.60. The van der Waals surface area contributed by atoms with Crippen molar-refractivity contribution in [3.8, 4) is 0 Å². The van der Waals surface area contributed by atoms with Crippen LogP contribution in [0.3, 0.4) is 0 Å². The SMILES string of the molecule is COC1CCC(NCc2cncn2C(C)C)C1. The van der Waals surface area contributed by atoms with Gasteiger partial charge in [-0.25, -0.2) is 4.98 Å². The fourth-order valence-corrected chi connectivity index (χ4v) is 2.52. The molecule has 0 aliphatic heterocycles. The van der Waals surface area contributed by atoms with Crippen LogP contribution in [0, 0.1) is 0 Å². The van der Waals surface area contributed by atoms with Gasteiger partial charge in [-0.15, -0.1) is 0 Å². The van der Waals surface area contributed by atoms with Gasteiger partial charge in [0, 0.05) is 31.9 Å². The van der Waals surface area contributed by atoms with Gasteiger partial charge in [0.1, 0.15) is 0 Å². The van der Waals surface area contributed by atoms with Gasteiger partial charge in [-0.2, -0.15) is 0 Å². The van der Waals surface area contributed by atoms with Gasteiger partial charge in [0.15, 0.2) is 0 Å². The zero-order valence-electron chi connectivity index (χ0n) is 11.0. The first-order valence-electron chi connectivity index (χ1n) is 6.47. The second-order valence-corrected chi connectivity index (χ2v) is 5.13. The summed E-state index contributed by atoms with van der Waals surface area (Å²) in [6.07, 6.45) is 7.84. The molecule has 0 radical (unpaired) electrons. The van der Waals surface area contributed by atoms with Crippen LogP contribution in [0.25, 0.3) is 0 Å². The fraction of sp³-hybridized carbons (Fsp3) is 0.769. The van der Waals surface area contributed by atoms with Crippen LogP contribution in [-0.2, 0) is 11.3 Å². The van der Waals surface area contributed by atoms with E-state index in [0.717, 1.165) is 13.0 Å². The summed E-state index contributed by atoms with van der Waals surface area (Å²) in [5.74, 6) is 0. The second-order valence-electron chi connectivity index (χ2n) is 5.13. The highest BCUT2D eigenvalue weighted by molar-refractivity contribution is 5.00. The van der Waals surface area contributed by atoms with Crippen LogP contribution >= 0.6 is 0 Å². The number of aromatic nitrogens is 2. The highest BCUT2D eigenvalue weighted by Crippen LogP contribution is 2.21. The van der Waals surface area contributed by atoms with Crippen molar-refractivity contribution in [3.63, 3.8) is 0 Å². The zero-order valence-corrected chi connectivity index (χ0v) is 11.0. The lowest BCUT2D eigenvalue weighted by molar-refractivity contribution is 0.107. The van der Waals surface area contributed by atoms with Crippen molar-refractivity contribution in [2.45, 2.75) is 57.8 Å². The average molecular weight is 237 g/mol. The van der Waals surface area contributed by atoms with Gasteiger partial charge in [0.2, 0.25) is 0 Å². The summed E-state index contributed by atoms with van der Waals surface area (Å²) >= 11 is 0. The number of hydrogen-bond donors (Lipinski definition) is 1. The maximum atomic E-state index is 5.38. The first-order valence-corrected chi connectivity index (χ1v) is 6.47. The van der Waals surface area contributed by atoms with Crippen LogP contribution in [0.1, 0.15) is 44.8 Å². The topological polar surface area (TPSA) is 39.1 Å². The quantitative estimate of drug-likeness (QED) is 0.852. The predicted octanol–water partition coefficient (Wildman–Crippen LogP) is 2.12. The average Bonchev–Trinajstić information content (AvgIpc) is 2.95. The normalized spacial score (nSPS) is 24.7. The van der Waals surface area contributed by atoms with Gasteiger partial charge in [0.25, 0.3) is 0 Å². The van der Waals surface area contributed by atoms with Gasteiger partial charge in [-0.1, -0.05) is 0 Å². The van der Waals surface area contributed by atoms with E-state index in [1.807, 2.05) is 12.5 Å². The minimum absolute atomic E-state index is 0.447. The van der Waals surface area contributed by atoms with Crippen molar-refractivity contribution in [1.29, 1.82) is 0 Å². The molecular formula is C13H23N3O. The smallest absolute Gasteiger partial charge is 0.0951 e. The molecule has 1 aliphatic rings. The summed E-state index contributed by atoms with van der Waals surface area (Å²) in [6, 6.07) is 1.07. The molecular weight excluding hydrogens is 214 g/mol. The van der Waals surface area contributed by atoms with Crippen LogP contribution in [0.15, 0.2) is 12.5 Å². The molecule has 1 aliphatic carbocycles. The van der Waals surface area contributed by atoms with Gasteiger partial charge in [-0.3, -0.25) is 0 Å². The molecule has 17 heavy (non-hydrogen) atoms. The summed E-state index contributed by atoms with van der Waals surface area (Å²) < 4.78 is 7.60. The Labute approximate surface area is 103 Å². The molecule has 2 atom stereocenters. The molecule has 2 rings (SSSR count). The van der Waals surface area contributed by atoms with Crippen molar-refractivity contribution >= 4 is 0 Å². The summed E-state index contributed by atoms with van der Waals surface area (Å²) in [6.45, 7) is 5.27. The molecule has 0 spiro atoms. The predicted molar refractivity (Wildman–Crippen MR) is 67.9 cm³/mol. The van der Waals surface area contributed by atoms with E-state index in [1.54, 1.807) is 7.11 Å². The molecule has 0 bridgehead atoms. The molecule has 1 aromatic rings. The highest BCUT2D eigenvalue weighted by atomic mass is 16.5. The molecule has 96 valence electrons. The number of nitrogens with zero attached hydrogens (tertiary/aromatic N) is 2. The lowest BCUT2D eigenvalue weighted by Gasteiger charge is -2.15. The van der Waals surface area contributed by atoms with Crippen LogP contribution < -0.4 is 5.32 Å². The van der Waals surface area contributed by atoms with E-state index in [2.05, 4.69) is 28.7 Å². The third kappa shape index (κ3) is 3.07. The number of rotatable bonds is 5. The molecule has 4 heteroatoms. The third-order valence-corrected chi connectivity index (χ3v) is 3.59. The Morgan fingerprint density at radius 1 is 1.53 bits per heavy atom. The van der Waals surface area contributed by atoms with Crippen molar-refractivity contribution in [2.24, 2.45) is 0 Å². The Morgan fingerprint density at radius 3 is 3.00 bits per heavy atom. The van der Waals surface area contributed by atoms with E-state index in [4.69, 9.17) is 4.74 Å². The minimum atomic E-state index is 0.447. The van der Waals surface area contributed by atoms with E-state index in [0.29, 0.717) is 18.2 Å². The largest absolute Gasteiger partial charge is 0.381 e. The van der Waals surface area contributed by atoms with Crippen molar-refractivity contribution < 1.29 is 4.74 Å². The molecule has 1 saturated carbocycles. The van der Waals surface area contributed by atoms with E-state index in [9.17, 15) is 0 Å². The molecule has 1 aromatic heterocycles. The highest BCUT2D eigenvalue weighted by Gasteiger charge is 2.24. The van der Waals surface area contributed by atoms with Crippen molar-refractivity contribution in [2.75, 3.05) is 7.11 Å². The summed E-state index contributed by atoms with van der Waals surface area (Å²) in [5.41, 5.74) is 1.26. The van der Waals surface area contributed by atoms with Crippen molar-refractivity contribution in [3.05, 3.63) is 18.2 Å². The van der Waals surface area contributed by atoms with Gasteiger partial charge < -0.3 is 14.6 Å². The second kappa shape index (κ2) is 5.65. The number of methoxy groups -OCH3 is 1. The number of ether oxygens (including phenoxy) is 1. The molecule has 1 heterocycles. The Morgan fingerprint density at radius 2 is 2.35 bits per heavy atom. The van der Waals surface area contributed by atoms with Crippen molar-refractivity contribution in [1.82, 2.24) is 14.9 Å². The molecule has 0 saturated heterocycles. The number of hydrogen-bond acceptors (Lipinski definition) is 3. The van der Waals surface area contributed by atoms with Crippen LogP contribution in [0.5, 0.6) is 0 Å². The first-order chi connectivity index (χ1) is 8.20. The van der Waals surface area contributed by atoms with Crippen LogP contribution in [0.4, 0.5) is 0 Å². The molecule has 1 fully saturated rings.